The molecule has 2 rings (SSSR count). The molecule has 1 aromatic heterocycles. The third-order valence-corrected chi connectivity index (χ3v) is 5.17. The molecule has 2 aromatic rings. The second-order valence-corrected chi connectivity index (χ2v) is 8.82. The molecular weight excluding hydrogens is 318 g/mol. The molecule has 1 heterocycles. The van der Waals surface area contributed by atoms with Crippen molar-refractivity contribution in [1.29, 1.82) is 0 Å². The molecule has 0 fully saturated rings. The maximum atomic E-state index is 12.5. The number of hydrogen-bond acceptors (Lipinski definition) is 2. The minimum atomic E-state index is -1.22. The summed E-state index contributed by atoms with van der Waals surface area (Å²) < 4.78 is 21.1. The van der Waals surface area contributed by atoms with Gasteiger partial charge in [-0.05, 0) is 70.0 Å². The Hall–Kier alpha value is -1.10. The monoisotopic (exact) mass is 339 g/mol. The van der Waals surface area contributed by atoms with Gasteiger partial charge in [0.2, 0.25) is 0 Å². The first kappa shape index (κ1) is 17.3. The molecule has 1 N–H and O–H groups in total. The first-order chi connectivity index (χ1) is 10.2. The number of hydrogen-bond donors (Lipinski definition) is 1. The highest BCUT2D eigenvalue weighted by Crippen LogP contribution is 2.29. The summed E-state index contributed by atoms with van der Waals surface area (Å²) in [5.41, 5.74) is 2.04. The molecule has 0 amide bonds. The lowest BCUT2D eigenvalue weighted by Gasteiger charge is -2.24. The summed E-state index contributed by atoms with van der Waals surface area (Å²) >= 11 is 6.05. The maximum absolute atomic E-state index is 12.5. The lowest BCUT2D eigenvalue weighted by Crippen LogP contribution is -2.36. The minimum Gasteiger partial charge on any atom is -0.464 e. The molecular formula is C17H22ClNO2S. The van der Waals surface area contributed by atoms with E-state index in [1.807, 2.05) is 65.0 Å². The average Bonchev–Trinajstić information content (AvgIpc) is 2.82. The van der Waals surface area contributed by atoms with Gasteiger partial charge in [-0.15, -0.1) is 0 Å². The van der Waals surface area contributed by atoms with Crippen molar-refractivity contribution in [3.05, 3.63) is 58.0 Å². The van der Waals surface area contributed by atoms with E-state index in [1.54, 1.807) is 0 Å². The van der Waals surface area contributed by atoms with Gasteiger partial charge in [0.1, 0.15) is 17.6 Å². The van der Waals surface area contributed by atoms with Gasteiger partial charge in [0, 0.05) is 5.02 Å². The smallest absolute Gasteiger partial charge is 0.126 e. The van der Waals surface area contributed by atoms with Crippen molar-refractivity contribution >= 4 is 22.6 Å². The van der Waals surface area contributed by atoms with Crippen molar-refractivity contribution < 1.29 is 8.63 Å². The van der Waals surface area contributed by atoms with Gasteiger partial charge in [-0.1, -0.05) is 17.7 Å². The largest absolute Gasteiger partial charge is 0.464 e. The van der Waals surface area contributed by atoms with Crippen molar-refractivity contribution in [1.82, 2.24) is 4.72 Å². The SMILES string of the molecule is Cc1ccc(C(NS(=O)C(C)(C)C)c2ccc(Cl)cc2C)o1. The second-order valence-electron chi connectivity index (χ2n) is 6.38. The first-order valence-corrected chi connectivity index (χ1v) is 8.71. The first-order valence-electron chi connectivity index (χ1n) is 7.19. The third-order valence-electron chi connectivity index (χ3n) is 3.37. The highest BCUT2D eigenvalue weighted by molar-refractivity contribution is 7.84. The zero-order valence-electron chi connectivity index (χ0n) is 13.6. The van der Waals surface area contributed by atoms with Crippen molar-refractivity contribution in [2.24, 2.45) is 0 Å². The Balaban J connectivity index is 2.44. The number of benzene rings is 1. The van der Waals surface area contributed by atoms with Crippen molar-refractivity contribution in [3.8, 4) is 0 Å². The van der Waals surface area contributed by atoms with E-state index in [1.165, 1.54) is 0 Å². The number of rotatable bonds is 4. The normalized spacial score (nSPS) is 14.8. The topological polar surface area (TPSA) is 42.2 Å². The molecule has 3 nitrogen and oxygen atoms in total. The zero-order valence-corrected chi connectivity index (χ0v) is 15.1. The summed E-state index contributed by atoms with van der Waals surface area (Å²) in [4.78, 5) is 0. The quantitative estimate of drug-likeness (QED) is 0.877. The highest BCUT2D eigenvalue weighted by Gasteiger charge is 2.27. The lowest BCUT2D eigenvalue weighted by atomic mass is 10.0. The van der Waals surface area contributed by atoms with E-state index in [-0.39, 0.29) is 10.8 Å². The van der Waals surface area contributed by atoms with Crippen LogP contribution < -0.4 is 4.72 Å². The van der Waals surface area contributed by atoms with E-state index in [0.29, 0.717) is 5.02 Å². The fourth-order valence-electron chi connectivity index (χ4n) is 2.13. The van der Waals surface area contributed by atoms with E-state index in [2.05, 4.69) is 4.72 Å². The van der Waals surface area contributed by atoms with Gasteiger partial charge in [-0.2, -0.15) is 0 Å². The third kappa shape index (κ3) is 4.00. The van der Waals surface area contributed by atoms with Crippen LogP contribution >= 0.6 is 11.6 Å². The Morgan fingerprint density at radius 2 is 1.86 bits per heavy atom. The molecule has 0 bridgehead atoms. The number of nitrogens with one attached hydrogen (secondary N) is 1. The van der Waals surface area contributed by atoms with Crippen LogP contribution in [0.2, 0.25) is 5.02 Å². The van der Waals surface area contributed by atoms with E-state index in [0.717, 1.165) is 22.6 Å². The van der Waals surface area contributed by atoms with Crippen LogP contribution in [0.15, 0.2) is 34.7 Å². The Morgan fingerprint density at radius 3 is 2.36 bits per heavy atom. The van der Waals surface area contributed by atoms with Crippen molar-refractivity contribution in [2.75, 3.05) is 0 Å². The van der Waals surface area contributed by atoms with Gasteiger partial charge in [0.25, 0.3) is 0 Å². The van der Waals surface area contributed by atoms with E-state index < -0.39 is 11.0 Å². The van der Waals surface area contributed by atoms with Gasteiger partial charge in [0.05, 0.1) is 15.7 Å². The standard InChI is InChI=1S/C17H22ClNO2S/c1-11-10-13(18)7-8-14(11)16(15-9-6-12(2)21-15)19-22(20)17(3,4)5/h6-10,16,19H,1-5H3. The summed E-state index contributed by atoms with van der Waals surface area (Å²) in [6.45, 7) is 9.71. The average molecular weight is 340 g/mol. The minimum absolute atomic E-state index is 0.272. The molecule has 22 heavy (non-hydrogen) atoms. The summed E-state index contributed by atoms with van der Waals surface area (Å²) in [6.07, 6.45) is 0. The van der Waals surface area contributed by atoms with Crippen LogP contribution in [0.5, 0.6) is 0 Å². The Labute approximate surface area is 139 Å². The number of furan rings is 1. The van der Waals surface area contributed by atoms with Crippen molar-refractivity contribution in [2.45, 2.75) is 45.4 Å². The predicted molar refractivity (Wildman–Crippen MR) is 92.5 cm³/mol. The molecule has 2 unspecified atom stereocenters. The summed E-state index contributed by atoms with van der Waals surface area (Å²) in [7, 11) is -1.22. The molecule has 120 valence electrons. The van der Waals surface area contributed by atoms with Gasteiger partial charge in [-0.3, -0.25) is 0 Å². The van der Waals surface area contributed by atoms with Gasteiger partial charge in [0.15, 0.2) is 0 Å². The van der Waals surface area contributed by atoms with Crippen LogP contribution in [0.25, 0.3) is 0 Å². The number of halogens is 1. The lowest BCUT2D eigenvalue weighted by molar-refractivity contribution is 0.454. The van der Waals surface area contributed by atoms with Crippen LogP contribution in [-0.4, -0.2) is 8.96 Å². The molecule has 1 aromatic carbocycles. The van der Waals surface area contributed by atoms with Crippen LogP contribution in [0.4, 0.5) is 0 Å². The Kier molecular flexibility index (Phi) is 5.15. The molecule has 2 atom stereocenters. The Bertz CT molecular complexity index is 688. The van der Waals surface area contributed by atoms with E-state index in [4.69, 9.17) is 16.0 Å². The summed E-state index contributed by atoms with van der Waals surface area (Å²) in [6, 6.07) is 9.25. The summed E-state index contributed by atoms with van der Waals surface area (Å²) in [5.74, 6) is 1.58. The zero-order chi connectivity index (χ0) is 16.5. The fraction of sp³-hybridized carbons (Fsp3) is 0.412. The van der Waals surface area contributed by atoms with E-state index >= 15 is 0 Å². The summed E-state index contributed by atoms with van der Waals surface area (Å²) in [5, 5.41) is 0.688. The van der Waals surface area contributed by atoms with E-state index in [9.17, 15) is 4.21 Å². The molecule has 0 saturated carbocycles. The molecule has 0 aliphatic carbocycles. The molecule has 0 saturated heterocycles. The van der Waals surface area contributed by atoms with Gasteiger partial charge < -0.3 is 4.42 Å². The van der Waals surface area contributed by atoms with Gasteiger partial charge >= 0.3 is 0 Å². The highest BCUT2D eigenvalue weighted by atomic mass is 35.5. The molecule has 0 aliphatic heterocycles. The Morgan fingerprint density at radius 1 is 1.18 bits per heavy atom. The molecule has 5 heteroatoms. The second kappa shape index (κ2) is 6.57. The van der Waals surface area contributed by atoms with Crippen LogP contribution in [-0.2, 0) is 11.0 Å². The van der Waals surface area contributed by atoms with Crippen LogP contribution in [0.3, 0.4) is 0 Å². The maximum Gasteiger partial charge on any atom is 0.126 e. The number of aryl methyl sites for hydroxylation is 2. The predicted octanol–water partition coefficient (Wildman–Crippen LogP) is 4.69. The molecule has 0 spiro atoms. The molecule has 0 radical (unpaired) electrons. The van der Waals surface area contributed by atoms with Crippen LogP contribution in [0.1, 0.15) is 49.5 Å². The fourth-order valence-corrected chi connectivity index (χ4v) is 3.17. The van der Waals surface area contributed by atoms with Crippen molar-refractivity contribution in [3.63, 3.8) is 0 Å². The van der Waals surface area contributed by atoms with Gasteiger partial charge in [-0.25, -0.2) is 8.93 Å². The van der Waals surface area contributed by atoms with Crippen LogP contribution in [0, 0.1) is 13.8 Å². The molecule has 0 aliphatic rings.